The zero-order valence-electron chi connectivity index (χ0n) is 21.0. The summed E-state index contributed by atoms with van der Waals surface area (Å²) in [7, 11) is 1.79. The van der Waals surface area contributed by atoms with Crippen molar-refractivity contribution in [1.82, 2.24) is 29.6 Å². The number of halogens is 5. The Labute approximate surface area is 235 Å². The zero-order chi connectivity index (χ0) is 28.3. The molecule has 3 aromatic heterocycles. The summed E-state index contributed by atoms with van der Waals surface area (Å²) in [5.74, 6) is -0.182. The van der Waals surface area contributed by atoms with Gasteiger partial charge in [-0.3, -0.25) is 9.59 Å². The van der Waals surface area contributed by atoms with Crippen molar-refractivity contribution >= 4 is 51.7 Å². The Bertz CT molecular complexity index is 1670. The molecule has 0 saturated heterocycles. The second kappa shape index (κ2) is 9.77. The molecule has 0 spiro atoms. The van der Waals surface area contributed by atoms with Crippen molar-refractivity contribution in [2.75, 3.05) is 11.9 Å². The third-order valence-corrected chi connectivity index (χ3v) is 7.64. The van der Waals surface area contributed by atoms with E-state index >= 15 is 0 Å². The summed E-state index contributed by atoms with van der Waals surface area (Å²) in [5.41, 5.74) is -0.846. The van der Waals surface area contributed by atoms with Gasteiger partial charge in [-0.2, -0.15) is 18.3 Å². The van der Waals surface area contributed by atoms with E-state index in [-0.39, 0.29) is 33.0 Å². The van der Waals surface area contributed by atoms with E-state index in [1.807, 2.05) is 4.57 Å². The van der Waals surface area contributed by atoms with E-state index in [0.29, 0.717) is 29.6 Å². The third-order valence-electron chi connectivity index (χ3n) is 6.98. The molecule has 208 valence electrons. The summed E-state index contributed by atoms with van der Waals surface area (Å²) >= 11 is 13.0. The van der Waals surface area contributed by atoms with E-state index in [1.165, 1.54) is 18.3 Å². The monoisotopic (exact) mass is 591 g/mol. The van der Waals surface area contributed by atoms with Crippen LogP contribution < -0.4 is 10.6 Å². The standard InChI is InChI=1S/C26H22Cl2F3N7O2/c1-37-21-16(34-22(37)13-6-7-13)9-14(24(39)33-11-12-4-5-12)20(19(21)28)35-25(40)17-10-18(26(29,30)31)36-38(17)23-15(27)3-2-8-32-23/h2-3,8-10,12-13H,4-7,11H2,1H3,(H,33,39)(H,35,40). The van der Waals surface area contributed by atoms with E-state index in [1.54, 1.807) is 13.1 Å². The molecule has 4 aromatic rings. The fourth-order valence-corrected chi connectivity index (χ4v) is 5.13. The first-order valence-electron chi connectivity index (χ1n) is 12.6. The SMILES string of the molecule is Cn1c(C2CC2)nc2cc(C(=O)NCC3CC3)c(NC(=O)c3cc(C(F)(F)F)nn3-c3ncccc3Cl)c(Cl)c21. The summed E-state index contributed by atoms with van der Waals surface area (Å²) < 4.78 is 43.4. The number of hydrogen-bond acceptors (Lipinski definition) is 5. The molecule has 0 bridgehead atoms. The van der Waals surface area contributed by atoms with Gasteiger partial charge in [0.2, 0.25) is 0 Å². The lowest BCUT2D eigenvalue weighted by Crippen LogP contribution is -2.27. The lowest BCUT2D eigenvalue weighted by Gasteiger charge is -2.15. The van der Waals surface area contributed by atoms with Crippen molar-refractivity contribution in [3.8, 4) is 5.82 Å². The van der Waals surface area contributed by atoms with Crippen molar-refractivity contribution < 1.29 is 22.8 Å². The first-order valence-corrected chi connectivity index (χ1v) is 13.3. The van der Waals surface area contributed by atoms with Crippen LogP contribution in [0.15, 0.2) is 30.5 Å². The molecule has 1 aromatic carbocycles. The molecule has 2 amide bonds. The van der Waals surface area contributed by atoms with Crippen molar-refractivity contribution in [2.45, 2.75) is 37.8 Å². The van der Waals surface area contributed by atoms with Crippen LogP contribution in [0.5, 0.6) is 0 Å². The molecule has 0 unspecified atom stereocenters. The molecular formula is C26H22Cl2F3N7O2. The Kier molecular flexibility index (Phi) is 6.49. The maximum atomic E-state index is 13.6. The number of pyridine rings is 1. The normalized spacial score (nSPS) is 15.4. The smallest absolute Gasteiger partial charge is 0.352 e. The quantitative estimate of drug-likeness (QED) is 0.284. The van der Waals surface area contributed by atoms with E-state index < -0.39 is 29.4 Å². The van der Waals surface area contributed by atoms with Gasteiger partial charge in [-0.25, -0.2) is 14.6 Å². The van der Waals surface area contributed by atoms with Gasteiger partial charge in [-0.1, -0.05) is 23.2 Å². The average molecular weight is 592 g/mol. The Hall–Kier alpha value is -3.64. The summed E-state index contributed by atoms with van der Waals surface area (Å²) in [6.45, 7) is 0.456. The van der Waals surface area contributed by atoms with Crippen LogP contribution in [0.1, 0.15) is 64.0 Å². The molecule has 2 N–H and O–H groups in total. The first-order chi connectivity index (χ1) is 19.0. The van der Waals surface area contributed by atoms with Crippen LogP contribution in [-0.2, 0) is 13.2 Å². The van der Waals surface area contributed by atoms with Gasteiger partial charge >= 0.3 is 6.18 Å². The van der Waals surface area contributed by atoms with Crippen LogP contribution in [-0.4, -0.2) is 42.7 Å². The van der Waals surface area contributed by atoms with Crippen LogP contribution in [0.3, 0.4) is 0 Å². The molecule has 2 fully saturated rings. The van der Waals surface area contributed by atoms with Crippen LogP contribution in [0.25, 0.3) is 16.9 Å². The number of aromatic nitrogens is 5. The van der Waals surface area contributed by atoms with E-state index in [0.717, 1.165) is 36.2 Å². The molecule has 3 heterocycles. The average Bonchev–Trinajstić information content (AvgIpc) is 3.84. The highest BCUT2D eigenvalue weighted by molar-refractivity contribution is 6.39. The molecule has 14 heteroatoms. The predicted octanol–water partition coefficient (Wildman–Crippen LogP) is 5.75. The van der Waals surface area contributed by atoms with Gasteiger partial charge in [0, 0.05) is 31.8 Å². The number of fused-ring (bicyclic) bond motifs is 1. The molecule has 0 atom stereocenters. The molecule has 6 rings (SSSR count). The number of aryl methyl sites for hydroxylation is 1. The van der Waals surface area contributed by atoms with Crippen LogP contribution in [0, 0.1) is 5.92 Å². The van der Waals surface area contributed by atoms with Crippen LogP contribution in [0.2, 0.25) is 10.0 Å². The van der Waals surface area contributed by atoms with Gasteiger partial charge in [-0.15, -0.1) is 0 Å². The first kappa shape index (κ1) is 26.6. The minimum Gasteiger partial charge on any atom is -0.352 e. The van der Waals surface area contributed by atoms with E-state index in [4.69, 9.17) is 23.2 Å². The largest absolute Gasteiger partial charge is 0.435 e. The van der Waals surface area contributed by atoms with Crippen molar-refractivity contribution in [1.29, 1.82) is 0 Å². The van der Waals surface area contributed by atoms with Crippen molar-refractivity contribution in [2.24, 2.45) is 13.0 Å². The van der Waals surface area contributed by atoms with Gasteiger partial charge < -0.3 is 15.2 Å². The molecular weight excluding hydrogens is 570 g/mol. The minimum absolute atomic E-state index is 0.0181. The summed E-state index contributed by atoms with van der Waals surface area (Å²) in [6.07, 6.45) is 0.445. The van der Waals surface area contributed by atoms with E-state index in [2.05, 4.69) is 25.7 Å². The summed E-state index contributed by atoms with van der Waals surface area (Å²) in [4.78, 5) is 35.5. The predicted molar refractivity (Wildman–Crippen MR) is 142 cm³/mol. The Morgan fingerprint density at radius 2 is 1.88 bits per heavy atom. The second-order valence-corrected chi connectivity index (χ2v) is 10.8. The lowest BCUT2D eigenvalue weighted by atomic mass is 10.1. The molecule has 0 aliphatic heterocycles. The molecule has 2 saturated carbocycles. The van der Waals surface area contributed by atoms with Gasteiger partial charge in [0.05, 0.1) is 32.3 Å². The number of benzene rings is 1. The summed E-state index contributed by atoms with van der Waals surface area (Å²) in [6, 6.07) is 5.03. The number of anilines is 1. The number of rotatable bonds is 7. The van der Waals surface area contributed by atoms with Crippen LogP contribution >= 0.6 is 23.2 Å². The molecule has 0 radical (unpaired) electrons. The second-order valence-electron chi connectivity index (χ2n) is 10.0. The Balaban J connectivity index is 1.45. The molecule has 40 heavy (non-hydrogen) atoms. The number of amides is 2. The fourth-order valence-electron chi connectivity index (χ4n) is 4.56. The topological polar surface area (TPSA) is 107 Å². The van der Waals surface area contributed by atoms with Gasteiger partial charge in [0.15, 0.2) is 11.5 Å². The number of imidazole rings is 1. The Morgan fingerprint density at radius 1 is 1.12 bits per heavy atom. The molecule has 9 nitrogen and oxygen atoms in total. The maximum Gasteiger partial charge on any atom is 0.435 e. The highest BCUT2D eigenvalue weighted by Crippen LogP contribution is 2.43. The van der Waals surface area contributed by atoms with Crippen LogP contribution in [0.4, 0.5) is 18.9 Å². The highest BCUT2D eigenvalue weighted by atomic mass is 35.5. The lowest BCUT2D eigenvalue weighted by molar-refractivity contribution is -0.141. The Morgan fingerprint density at radius 3 is 2.52 bits per heavy atom. The van der Waals surface area contributed by atoms with Gasteiger partial charge in [0.25, 0.3) is 11.8 Å². The number of nitrogens with zero attached hydrogens (tertiary/aromatic N) is 5. The number of hydrogen-bond donors (Lipinski definition) is 2. The zero-order valence-corrected chi connectivity index (χ0v) is 22.5. The van der Waals surface area contributed by atoms with Crippen molar-refractivity contribution in [3.63, 3.8) is 0 Å². The third kappa shape index (κ3) is 4.90. The highest BCUT2D eigenvalue weighted by Gasteiger charge is 2.37. The van der Waals surface area contributed by atoms with Gasteiger partial charge in [-0.05, 0) is 49.8 Å². The number of nitrogens with one attached hydrogen (secondary N) is 2. The molecule has 2 aliphatic carbocycles. The van der Waals surface area contributed by atoms with Gasteiger partial charge in [0.1, 0.15) is 11.5 Å². The molecule has 2 aliphatic rings. The summed E-state index contributed by atoms with van der Waals surface area (Å²) in [5, 5.41) is 9.02. The maximum absolute atomic E-state index is 13.6. The minimum atomic E-state index is -4.85. The number of alkyl halides is 3. The van der Waals surface area contributed by atoms with Crippen molar-refractivity contribution in [3.05, 3.63) is 63.3 Å². The fraction of sp³-hybridized carbons (Fsp3) is 0.346. The van der Waals surface area contributed by atoms with E-state index in [9.17, 15) is 22.8 Å². The number of carbonyl (C=O) groups excluding carboxylic acids is 2. The number of carbonyl (C=O) groups is 2.